The highest BCUT2D eigenvalue weighted by Gasteiger charge is 2.21. The Bertz CT molecular complexity index is 1070. The van der Waals surface area contributed by atoms with Gasteiger partial charge in [0.15, 0.2) is 34.7 Å². The molecule has 0 amide bonds. The Morgan fingerprint density at radius 1 is 1.12 bits per heavy atom. The highest BCUT2D eigenvalue weighted by atomic mass is 19.1. The van der Waals surface area contributed by atoms with Crippen molar-refractivity contribution in [3.8, 4) is 17.2 Å². The SMILES string of the molecule is COc1cc(OC)c(F)c(COc2cnc(Nc3nn(C4CCOCC4)cc3N)nc2)c1F. The number of rotatable bonds is 8. The molecule has 0 saturated carbocycles. The molecule has 1 aliphatic heterocycles. The topological polar surface area (TPSA) is 119 Å². The Kier molecular flexibility index (Phi) is 6.73. The van der Waals surface area contributed by atoms with Crippen LogP contribution in [0.1, 0.15) is 24.4 Å². The van der Waals surface area contributed by atoms with Gasteiger partial charge in [-0.05, 0) is 12.8 Å². The standard InChI is InChI=1S/C21H24F2N6O4/c1-30-16-7-17(31-2)19(23)14(18(16)22)11-33-13-8-25-21(26-9-13)27-20-15(24)10-29(28-20)12-3-5-32-6-4-12/h7-10,12H,3-6,11,24H2,1-2H3,(H,25,26,27,28). The lowest BCUT2D eigenvalue weighted by molar-refractivity contribution is 0.0663. The molecule has 1 aliphatic rings. The van der Waals surface area contributed by atoms with Crippen molar-refractivity contribution in [3.63, 3.8) is 0 Å². The van der Waals surface area contributed by atoms with Gasteiger partial charge in [-0.3, -0.25) is 4.68 Å². The summed E-state index contributed by atoms with van der Waals surface area (Å²) in [5.41, 5.74) is 6.19. The number of ether oxygens (including phenoxy) is 4. The fraction of sp³-hybridized carbons (Fsp3) is 0.381. The molecule has 3 heterocycles. The number of methoxy groups -OCH3 is 2. The first-order valence-corrected chi connectivity index (χ1v) is 10.2. The van der Waals surface area contributed by atoms with Crippen LogP contribution in [0.25, 0.3) is 0 Å². The largest absolute Gasteiger partial charge is 0.494 e. The third kappa shape index (κ3) is 4.90. The summed E-state index contributed by atoms with van der Waals surface area (Å²) < 4.78 is 51.4. The predicted molar refractivity (Wildman–Crippen MR) is 115 cm³/mol. The summed E-state index contributed by atoms with van der Waals surface area (Å²) in [6.45, 7) is 0.964. The molecule has 4 rings (SSSR count). The summed E-state index contributed by atoms with van der Waals surface area (Å²) in [7, 11) is 2.55. The average molecular weight is 462 g/mol. The second-order valence-electron chi connectivity index (χ2n) is 7.30. The maximum atomic E-state index is 14.5. The fourth-order valence-electron chi connectivity index (χ4n) is 3.42. The number of anilines is 3. The second kappa shape index (κ2) is 9.86. The molecule has 0 bridgehead atoms. The van der Waals surface area contributed by atoms with E-state index in [1.54, 1.807) is 6.20 Å². The van der Waals surface area contributed by atoms with E-state index in [1.165, 1.54) is 26.6 Å². The van der Waals surface area contributed by atoms with Crippen molar-refractivity contribution in [3.05, 3.63) is 41.9 Å². The van der Waals surface area contributed by atoms with Gasteiger partial charge < -0.3 is 30.0 Å². The minimum atomic E-state index is -0.870. The van der Waals surface area contributed by atoms with Gasteiger partial charge in [0, 0.05) is 19.3 Å². The molecule has 10 nitrogen and oxygen atoms in total. The van der Waals surface area contributed by atoms with Crippen molar-refractivity contribution < 1.29 is 27.7 Å². The van der Waals surface area contributed by atoms with Gasteiger partial charge in [0.2, 0.25) is 5.95 Å². The molecule has 1 saturated heterocycles. The molecule has 33 heavy (non-hydrogen) atoms. The molecule has 176 valence electrons. The van der Waals surface area contributed by atoms with Crippen LogP contribution in [0.5, 0.6) is 17.2 Å². The number of hydrogen-bond acceptors (Lipinski definition) is 9. The highest BCUT2D eigenvalue weighted by Crippen LogP contribution is 2.32. The van der Waals surface area contributed by atoms with Crippen molar-refractivity contribution in [1.82, 2.24) is 19.7 Å². The zero-order chi connectivity index (χ0) is 23.4. The molecule has 0 radical (unpaired) electrons. The van der Waals surface area contributed by atoms with Gasteiger partial charge in [-0.15, -0.1) is 0 Å². The van der Waals surface area contributed by atoms with Gasteiger partial charge in [0.05, 0.1) is 50.1 Å². The first kappa shape index (κ1) is 22.5. The van der Waals surface area contributed by atoms with Crippen LogP contribution in [-0.2, 0) is 11.3 Å². The minimum absolute atomic E-state index is 0.152. The van der Waals surface area contributed by atoms with Crippen LogP contribution in [0.3, 0.4) is 0 Å². The Labute approximate surface area is 188 Å². The van der Waals surface area contributed by atoms with E-state index in [0.717, 1.165) is 18.9 Å². The van der Waals surface area contributed by atoms with Gasteiger partial charge in [0.1, 0.15) is 6.61 Å². The third-order valence-corrected chi connectivity index (χ3v) is 5.23. The summed E-state index contributed by atoms with van der Waals surface area (Å²) >= 11 is 0. The summed E-state index contributed by atoms with van der Waals surface area (Å²) in [6, 6.07) is 1.36. The van der Waals surface area contributed by atoms with Crippen LogP contribution in [-0.4, -0.2) is 47.2 Å². The number of benzene rings is 1. The number of nitrogens with zero attached hydrogens (tertiary/aromatic N) is 4. The highest BCUT2D eigenvalue weighted by molar-refractivity contribution is 5.64. The number of hydrogen-bond donors (Lipinski definition) is 2. The van der Waals surface area contributed by atoms with Crippen molar-refractivity contribution in [2.24, 2.45) is 0 Å². The van der Waals surface area contributed by atoms with Crippen LogP contribution < -0.4 is 25.3 Å². The number of nitrogens with one attached hydrogen (secondary N) is 1. The van der Waals surface area contributed by atoms with Crippen molar-refractivity contribution in [1.29, 1.82) is 0 Å². The fourth-order valence-corrected chi connectivity index (χ4v) is 3.42. The molecule has 1 fully saturated rings. The van der Waals surface area contributed by atoms with Gasteiger partial charge in [-0.25, -0.2) is 18.7 Å². The molecular formula is C21H24F2N6O4. The van der Waals surface area contributed by atoms with Crippen molar-refractivity contribution in [2.75, 3.05) is 38.5 Å². The summed E-state index contributed by atoms with van der Waals surface area (Å²) in [5, 5.41) is 7.45. The second-order valence-corrected chi connectivity index (χ2v) is 7.30. The number of halogens is 2. The smallest absolute Gasteiger partial charge is 0.228 e. The lowest BCUT2D eigenvalue weighted by Gasteiger charge is -2.22. The van der Waals surface area contributed by atoms with Gasteiger partial charge in [0.25, 0.3) is 0 Å². The third-order valence-electron chi connectivity index (χ3n) is 5.23. The first-order chi connectivity index (χ1) is 16.0. The van der Waals surface area contributed by atoms with Crippen molar-refractivity contribution >= 4 is 17.5 Å². The number of aromatic nitrogens is 4. The molecule has 3 aromatic rings. The maximum absolute atomic E-state index is 14.5. The predicted octanol–water partition coefficient (Wildman–Crippen LogP) is 3.22. The number of nitrogen functional groups attached to an aromatic ring is 1. The molecule has 1 aromatic carbocycles. The van der Waals surface area contributed by atoms with Crippen LogP contribution >= 0.6 is 0 Å². The minimum Gasteiger partial charge on any atom is -0.494 e. The summed E-state index contributed by atoms with van der Waals surface area (Å²) in [5.74, 6) is -1.16. The van der Waals surface area contributed by atoms with E-state index in [1.807, 2.05) is 4.68 Å². The lowest BCUT2D eigenvalue weighted by Crippen LogP contribution is -2.20. The lowest BCUT2D eigenvalue weighted by atomic mass is 10.1. The van der Waals surface area contributed by atoms with E-state index in [4.69, 9.17) is 24.7 Å². The Hall–Kier alpha value is -3.67. The molecular weight excluding hydrogens is 438 g/mol. The monoisotopic (exact) mass is 462 g/mol. The van der Waals surface area contributed by atoms with Crippen molar-refractivity contribution in [2.45, 2.75) is 25.5 Å². The zero-order valence-electron chi connectivity index (χ0n) is 18.2. The maximum Gasteiger partial charge on any atom is 0.228 e. The van der Waals surface area contributed by atoms with E-state index in [0.29, 0.717) is 24.7 Å². The quantitative estimate of drug-likeness (QED) is 0.520. The Balaban J connectivity index is 1.42. The van der Waals surface area contributed by atoms with Gasteiger partial charge in [-0.1, -0.05) is 0 Å². The molecule has 0 aliphatic carbocycles. The van der Waals surface area contributed by atoms with Crippen LogP contribution in [0.4, 0.5) is 26.2 Å². The van der Waals surface area contributed by atoms with E-state index in [9.17, 15) is 8.78 Å². The summed E-state index contributed by atoms with van der Waals surface area (Å²) in [4.78, 5) is 8.31. The average Bonchev–Trinajstić information content (AvgIpc) is 3.21. The Morgan fingerprint density at radius 3 is 2.36 bits per heavy atom. The molecule has 0 spiro atoms. The van der Waals surface area contributed by atoms with E-state index < -0.39 is 18.2 Å². The normalized spacial score (nSPS) is 14.2. The van der Waals surface area contributed by atoms with Crippen LogP contribution in [0, 0.1) is 11.6 Å². The van der Waals surface area contributed by atoms with Crippen LogP contribution in [0.2, 0.25) is 0 Å². The van der Waals surface area contributed by atoms with Gasteiger partial charge >= 0.3 is 0 Å². The molecule has 2 aromatic heterocycles. The Morgan fingerprint density at radius 2 is 1.76 bits per heavy atom. The summed E-state index contributed by atoms with van der Waals surface area (Å²) in [6.07, 6.45) is 6.23. The van der Waals surface area contributed by atoms with Crippen LogP contribution in [0.15, 0.2) is 24.7 Å². The van der Waals surface area contributed by atoms with E-state index in [2.05, 4.69) is 20.4 Å². The first-order valence-electron chi connectivity index (χ1n) is 10.2. The molecule has 0 atom stereocenters. The number of nitrogens with two attached hydrogens (primary N) is 1. The molecule has 3 N–H and O–H groups in total. The zero-order valence-corrected chi connectivity index (χ0v) is 18.2. The molecule has 0 unspecified atom stereocenters. The molecule has 12 heteroatoms. The van der Waals surface area contributed by atoms with E-state index in [-0.39, 0.29) is 34.8 Å². The van der Waals surface area contributed by atoms with Gasteiger partial charge in [-0.2, -0.15) is 5.10 Å². The van der Waals surface area contributed by atoms with E-state index >= 15 is 0 Å².